The quantitative estimate of drug-likeness (QED) is 0.814. The predicted molar refractivity (Wildman–Crippen MR) is 95.0 cm³/mol. The van der Waals surface area contributed by atoms with E-state index in [1.807, 2.05) is 6.92 Å². The summed E-state index contributed by atoms with van der Waals surface area (Å²) in [6.45, 7) is 2.30. The molecule has 1 aliphatic heterocycles. The van der Waals surface area contributed by atoms with E-state index in [1.165, 1.54) is 21.9 Å². The van der Waals surface area contributed by atoms with E-state index >= 15 is 0 Å². The highest BCUT2D eigenvalue weighted by Gasteiger charge is 2.37. The second-order valence-electron chi connectivity index (χ2n) is 5.94. The van der Waals surface area contributed by atoms with Crippen LogP contribution in [0.15, 0.2) is 18.2 Å². The maximum atomic E-state index is 12.8. The third kappa shape index (κ3) is 4.64. The zero-order chi connectivity index (χ0) is 18.6. The second kappa shape index (κ2) is 8.54. The SMILES string of the molecule is CCCN(CC(=O)O)C(=O)C1CCCN1C(=O)c1ccc(Cl)c(Cl)c1. The minimum absolute atomic E-state index is 0.271. The molecule has 2 rings (SSSR count). The molecule has 1 aliphatic rings. The van der Waals surface area contributed by atoms with Gasteiger partial charge < -0.3 is 14.9 Å². The fourth-order valence-electron chi connectivity index (χ4n) is 2.97. The van der Waals surface area contributed by atoms with Gasteiger partial charge in [-0.1, -0.05) is 30.1 Å². The molecule has 1 saturated heterocycles. The molecule has 0 bridgehead atoms. The number of likely N-dealkylation sites (tertiary alicyclic amines) is 1. The zero-order valence-corrected chi connectivity index (χ0v) is 15.4. The first-order valence-electron chi connectivity index (χ1n) is 8.11. The molecule has 1 aromatic rings. The van der Waals surface area contributed by atoms with Gasteiger partial charge >= 0.3 is 5.97 Å². The van der Waals surface area contributed by atoms with E-state index in [0.29, 0.717) is 42.9 Å². The Bertz CT molecular complexity index is 681. The van der Waals surface area contributed by atoms with Gasteiger partial charge in [-0.3, -0.25) is 14.4 Å². The molecule has 1 heterocycles. The summed E-state index contributed by atoms with van der Waals surface area (Å²) < 4.78 is 0. The summed E-state index contributed by atoms with van der Waals surface area (Å²) in [6.07, 6.45) is 1.86. The second-order valence-corrected chi connectivity index (χ2v) is 6.75. The maximum absolute atomic E-state index is 12.8. The van der Waals surface area contributed by atoms with Crippen LogP contribution in [0, 0.1) is 0 Å². The van der Waals surface area contributed by atoms with E-state index in [1.54, 1.807) is 6.07 Å². The monoisotopic (exact) mass is 386 g/mol. The summed E-state index contributed by atoms with van der Waals surface area (Å²) in [7, 11) is 0. The number of benzene rings is 1. The molecule has 2 amide bonds. The summed E-state index contributed by atoms with van der Waals surface area (Å²) >= 11 is 11.8. The lowest BCUT2D eigenvalue weighted by atomic mass is 10.1. The van der Waals surface area contributed by atoms with Crippen molar-refractivity contribution in [2.45, 2.75) is 32.2 Å². The molecule has 0 aliphatic carbocycles. The third-order valence-electron chi connectivity index (χ3n) is 4.10. The lowest BCUT2D eigenvalue weighted by Gasteiger charge is -2.29. The lowest BCUT2D eigenvalue weighted by molar-refractivity contribution is -0.146. The highest BCUT2D eigenvalue weighted by atomic mass is 35.5. The van der Waals surface area contributed by atoms with Crippen molar-refractivity contribution in [1.82, 2.24) is 9.80 Å². The molecular weight excluding hydrogens is 367 g/mol. The Morgan fingerprint density at radius 2 is 2.00 bits per heavy atom. The molecule has 136 valence electrons. The van der Waals surface area contributed by atoms with Gasteiger partial charge in [0.1, 0.15) is 12.6 Å². The van der Waals surface area contributed by atoms with Crippen LogP contribution >= 0.6 is 23.2 Å². The van der Waals surface area contributed by atoms with Crippen molar-refractivity contribution >= 4 is 41.0 Å². The standard InChI is InChI=1S/C17H20Cl2N2O4/c1-2-7-20(10-15(22)23)17(25)14-4-3-8-21(14)16(24)11-5-6-12(18)13(19)9-11/h5-6,9,14H,2-4,7-8,10H2,1H3,(H,22,23). The minimum Gasteiger partial charge on any atom is -0.480 e. The zero-order valence-electron chi connectivity index (χ0n) is 13.9. The Hall–Kier alpha value is -1.79. The average Bonchev–Trinajstić information content (AvgIpc) is 3.04. The number of aliphatic carboxylic acids is 1. The number of nitrogens with zero attached hydrogens (tertiary/aromatic N) is 2. The number of rotatable bonds is 6. The largest absolute Gasteiger partial charge is 0.480 e. The lowest BCUT2D eigenvalue weighted by Crippen LogP contribution is -2.49. The normalized spacial score (nSPS) is 16.8. The van der Waals surface area contributed by atoms with E-state index in [0.717, 1.165) is 0 Å². The van der Waals surface area contributed by atoms with E-state index < -0.39 is 12.0 Å². The van der Waals surface area contributed by atoms with Crippen LogP contribution in [0.1, 0.15) is 36.5 Å². The third-order valence-corrected chi connectivity index (χ3v) is 4.84. The van der Waals surface area contributed by atoms with Crippen LogP contribution in [0.2, 0.25) is 10.0 Å². The molecule has 8 heteroatoms. The molecule has 0 radical (unpaired) electrons. The van der Waals surface area contributed by atoms with Crippen LogP contribution in [0.3, 0.4) is 0 Å². The molecule has 1 unspecified atom stereocenters. The van der Waals surface area contributed by atoms with Gasteiger partial charge in [0.25, 0.3) is 5.91 Å². The highest BCUT2D eigenvalue weighted by molar-refractivity contribution is 6.42. The molecule has 1 N–H and O–H groups in total. The molecule has 1 aromatic carbocycles. The van der Waals surface area contributed by atoms with Crippen molar-refractivity contribution in [1.29, 1.82) is 0 Å². The fourth-order valence-corrected chi connectivity index (χ4v) is 3.27. The van der Waals surface area contributed by atoms with Crippen LogP contribution in [0.25, 0.3) is 0 Å². The number of carbonyl (C=O) groups excluding carboxylic acids is 2. The Balaban J connectivity index is 2.20. The van der Waals surface area contributed by atoms with Crippen molar-refractivity contribution in [3.63, 3.8) is 0 Å². The predicted octanol–water partition coefficient (Wildman–Crippen LogP) is 2.92. The van der Waals surface area contributed by atoms with Gasteiger partial charge in [-0.25, -0.2) is 0 Å². The smallest absolute Gasteiger partial charge is 0.323 e. The summed E-state index contributed by atoms with van der Waals surface area (Å²) in [6, 6.07) is 3.94. The molecule has 0 spiro atoms. The number of hydrogen-bond donors (Lipinski definition) is 1. The van der Waals surface area contributed by atoms with Crippen LogP contribution in [0.4, 0.5) is 0 Å². The number of halogens is 2. The van der Waals surface area contributed by atoms with Crippen LogP contribution in [0.5, 0.6) is 0 Å². The number of hydrogen-bond acceptors (Lipinski definition) is 3. The molecule has 0 saturated carbocycles. The van der Waals surface area contributed by atoms with Gasteiger partial charge in [0, 0.05) is 18.7 Å². The van der Waals surface area contributed by atoms with Crippen LogP contribution < -0.4 is 0 Å². The van der Waals surface area contributed by atoms with Crippen LogP contribution in [-0.2, 0) is 9.59 Å². The van der Waals surface area contributed by atoms with Crippen molar-refractivity contribution in [2.24, 2.45) is 0 Å². The Kier molecular flexibility index (Phi) is 6.67. The van der Waals surface area contributed by atoms with Gasteiger partial charge in [0.15, 0.2) is 0 Å². The molecule has 25 heavy (non-hydrogen) atoms. The van der Waals surface area contributed by atoms with Gasteiger partial charge in [-0.2, -0.15) is 0 Å². The first-order valence-corrected chi connectivity index (χ1v) is 8.87. The molecule has 1 fully saturated rings. The summed E-state index contributed by atoms with van der Waals surface area (Å²) in [4.78, 5) is 39.3. The Morgan fingerprint density at radius 1 is 1.28 bits per heavy atom. The molecule has 6 nitrogen and oxygen atoms in total. The molecule has 0 aromatic heterocycles. The van der Waals surface area contributed by atoms with E-state index in [4.69, 9.17) is 28.3 Å². The fraction of sp³-hybridized carbons (Fsp3) is 0.471. The van der Waals surface area contributed by atoms with Crippen molar-refractivity contribution in [2.75, 3.05) is 19.6 Å². The van der Waals surface area contributed by atoms with Crippen molar-refractivity contribution < 1.29 is 19.5 Å². The molecule has 1 atom stereocenters. The number of carboxylic acid groups (broad SMARTS) is 1. The number of carbonyl (C=O) groups is 3. The Morgan fingerprint density at radius 3 is 2.60 bits per heavy atom. The summed E-state index contributed by atoms with van der Waals surface area (Å²) in [5.41, 5.74) is 0.356. The Labute approximate surface area is 156 Å². The maximum Gasteiger partial charge on any atom is 0.323 e. The molecular formula is C17H20Cl2N2O4. The highest BCUT2D eigenvalue weighted by Crippen LogP contribution is 2.26. The van der Waals surface area contributed by atoms with Gasteiger partial charge in [0.05, 0.1) is 10.0 Å². The van der Waals surface area contributed by atoms with Crippen molar-refractivity contribution in [3.8, 4) is 0 Å². The van der Waals surface area contributed by atoms with Gasteiger partial charge in [-0.15, -0.1) is 0 Å². The first kappa shape index (κ1) is 19.5. The van der Waals surface area contributed by atoms with Crippen LogP contribution in [-0.4, -0.2) is 58.4 Å². The van der Waals surface area contributed by atoms with E-state index in [9.17, 15) is 14.4 Å². The summed E-state index contributed by atoms with van der Waals surface area (Å²) in [5.74, 6) is -1.70. The number of amides is 2. The average molecular weight is 387 g/mol. The van der Waals surface area contributed by atoms with Crippen molar-refractivity contribution in [3.05, 3.63) is 33.8 Å². The first-order chi connectivity index (χ1) is 11.8. The minimum atomic E-state index is -1.07. The number of carboxylic acids is 1. The van der Waals surface area contributed by atoms with Gasteiger partial charge in [0.2, 0.25) is 5.91 Å². The summed E-state index contributed by atoms with van der Waals surface area (Å²) in [5, 5.41) is 9.63. The van der Waals surface area contributed by atoms with E-state index in [2.05, 4.69) is 0 Å². The van der Waals surface area contributed by atoms with Gasteiger partial charge in [-0.05, 0) is 37.5 Å². The van der Waals surface area contributed by atoms with E-state index in [-0.39, 0.29) is 23.4 Å². The topological polar surface area (TPSA) is 77.9 Å².